The Kier molecular flexibility index (Phi) is 3.53. The molecule has 1 unspecified atom stereocenters. The standard InChI is InChI=1S/C10H20O2/c1-7(2)9-5-4-8(3)12-10(11)6-9/h7-11H,4-6H2,1-3H3/t8-,9-,10?/m1/s1. The molecule has 1 heterocycles. The van der Waals surface area contributed by atoms with E-state index in [9.17, 15) is 5.11 Å². The van der Waals surface area contributed by atoms with E-state index in [4.69, 9.17) is 4.74 Å². The first-order valence-corrected chi connectivity index (χ1v) is 4.93. The van der Waals surface area contributed by atoms with Crippen molar-refractivity contribution in [2.45, 2.75) is 52.4 Å². The van der Waals surface area contributed by atoms with Crippen LogP contribution in [0.15, 0.2) is 0 Å². The molecule has 0 radical (unpaired) electrons. The normalized spacial score (nSPS) is 38.2. The summed E-state index contributed by atoms with van der Waals surface area (Å²) in [6, 6.07) is 0. The van der Waals surface area contributed by atoms with Gasteiger partial charge in [-0.05, 0) is 31.6 Å². The van der Waals surface area contributed by atoms with Gasteiger partial charge in [0.05, 0.1) is 6.10 Å². The molecule has 3 atom stereocenters. The van der Waals surface area contributed by atoms with Crippen LogP contribution in [0.4, 0.5) is 0 Å². The second-order valence-corrected chi connectivity index (χ2v) is 4.22. The molecule has 1 aliphatic rings. The highest BCUT2D eigenvalue weighted by Crippen LogP contribution is 2.28. The van der Waals surface area contributed by atoms with E-state index in [1.54, 1.807) is 0 Å². The lowest BCUT2D eigenvalue weighted by molar-refractivity contribution is -0.131. The van der Waals surface area contributed by atoms with Crippen molar-refractivity contribution in [2.75, 3.05) is 0 Å². The summed E-state index contributed by atoms with van der Waals surface area (Å²) in [6.45, 7) is 6.46. The van der Waals surface area contributed by atoms with Gasteiger partial charge in [0, 0.05) is 6.42 Å². The van der Waals surface area contributed by atoms with Crippen molar-refractivity contribution < 1.29 is 9.84 Å². The average Bonchev–Trinajstić information content (AvgIpc) is 2.11. The minimum Gasteiger partial charge on any atom is -0.368 e. The van der Waals surface area contributed by atoms with Crippen molar-refractivity contribution in [1.82, 2.24) is 0 Å². The van der Waals surface area contributed by atoms with Crippen molar-refractivity contribution in [3.63, 3.8) is 0 Å². The summed E-state index contributed by atoms with van der Waals surface area (Å²) in [7, 11) is 0. The first-order chi connectivity index (χ1) is 5.59. The number of aliphatic hydroxyl groups is 1. The Labute approximate surface area is 74.9 Å². The molecule has 0 amide bonds. The number of rotatable bonds is 1. The molecule has 1 fully saturated rings. The molecule has 12 heavy (non-hydrogen) atoms. The van der Waals surface area contributed by atoms with E-state index in [1.807, 2.05) is 6.92 Å². The molecule has 2 heteroatoms. The van der Waals surface area contributed by atoms with E-state index in [0.717, 1.165) is 12.8 Å². The molecule has 0 aliphatic carbocycles. The third-order valence-electron chi connectivity index (χ3n) is 2.78. The summed E-state index contributed by atoms with van der Waals surface area (Å²) >= 11 is 0. The molecule has 0 aromatic heterocycles. The molecular formula is C10H20O2. The highest BCUT2D eigenvalue weighted by molar-refractivity contribution is 4.70. The van der Waals surface area contributed by atoms with Gasteiger partial charge in [-0.1, -0.05) is 13.8 Å². The predicted molar refractivity (Wildman–Crippen MR) is 48.7 cm³/mol. The fourth-order valence-electron chi connectivity index (χ4n) is 1.82. The van der Waals surface area contributed by atoms with Crippen LogP contribution >= 0.6 is 0 Å². The molecular weight excluding hydrogens is 152 g/mol. The summed E-state index contributed by atoms with van der Waals surface area (Å²) in [5.41, 5.74) is 0. The summed E-state index contributed by atoms with van der Waals surface area (Å²) in [5, 5.41) is 9.46. The van der Waals surface area contributed by atoms with E-state index in [2.05, 4.69) is 13.8 Å². The topological polar surface area (TPSA) is 29.5 Å². The highest BCUT2D eigenvalue weighted by Gasteiger charge is 2.24. The molecule has 72 valence electrons. The maximum absolute atomic E-state index is 9.46. The first-order valence-electron chi connectivity index (χ1n) is 4.93. The summed E-state index contributed by atoms with van der Waals surface area (Å²) < 4.78 is 5.35. The minimum atomic E-state index is -0.533. The predicted octanol–water partition coefficient (Wildman–Crippen LogP) is 2.17. The highest BCUT2D eigenvalue weighted by atomic mass is 16.6. The Balaban J connectivity index is 2.46. The molecule has 1 N–H and O–H groups in total. The second-order valence-electron chi connectivity index (χ2n) is 4.22. The second kappa shape index (κ2) is 4.24. The van der Waals surface area contributed by atoms with Crippen LogP contribution in [0.2, 0.25) is 0 Å². The molecule has 1 aliphatic heterocycles. The summed E-state index contributed by atoms with van der Waals surface area (Å²) in [5.74, 6) is 1.29. The van der Waals surface area contributed by atoms with Crippen molar-refractivity contribution in [3.8, 4) is 0 Å². The van der Waals surface area contributed by atoms with Gasteiger partial charge in [0.25, 0.3) is 0 Å². The van der Waals surface area contributed by atoms with E-state index in [0.29, 0.717) is 11.8 Å². The van der Waals surface area contributed by atoms with Gasteiger partial charge in [0.1, 0.15) is 0 Å². The lowest BCUT2D eigenvalue weighted by Crippen LogP contribution is -2.18. The largest absolute Gasteiger partial charge is 0.368 e. The van der Waals surface area contributed by atoms with Crippen LogP contribution in [0.3, 0.4) is 0 Å². The van der Waals surface area contributed by atoms with Gasteiger partial charge >= 0.3 is 0 Å². The SMILES string of the molecule is CC(C)[C@@H]1CC[C@@H](C)OC(O)C1. The van der Waals surface area contributed by atoms with Gasteiger partial charge in [0.15, 0.2) is 6.29 Å². The molecule has 2 nitrogen and oxygen atoms in total. The van der Waals surface area contributed by atoms with Gasteiger partial charge in [-0.15, -0.1) is 0 Å². The van der Waals surface area contributed by atoms with Crippen LogP contribution in [0.1, 0.15) is 40.0 Å². The molecule has 0 saturated carbocycles. The quantitative estimate of drug-likeness (QED) is 0.657. The van der Waals surface area contributed by atoms with E-state index >= 15 is 0 Å². The Morgan fingerprint density at radius 1 is 1.33 bits per heavy atom. The van der Waals surface area contributed by atoms with Crippen molar-refractivity contribution in [3.05, 3.63) is 0 Å². The molecule has 0 spiro atoms. The van der Waals surface area contributed by atoms with Crippen LogP contribution in [0.25, 0.3) is 0 Å². The zero-order valence-corrected chi connectivity index (χ0v) is 8.29. The lowest BCUT2D eigenvalue weighted by Gasteiger charge is -2.19. The zero-order valence-electron chi connectivity index (χ0n) is 8.29. The summed E-state index contributed by atoms with van der Waals surface area (Å²) in [4.78, 5) is 0. The maximum atomic E-state index is 9.46. The third-order valence-corrected chi connectivity index (χ3v) is 2.78. The van der Waals surface area contributed by atoms with Gasteiger partial charge in [-0.3, -0.25) is 0 Å². The molecule has 1 rings (SSSR count). The number of hydrogen-bond acceptors (Lipinski definition) is 2. The van der Waals surface area contributed by atoms with E-state index < -0.39 is 6.29 Å². The smallest absolute Gasteiger partial charge is 0.155 e. The van der Waals surface area contributed by atoms with E-state index in [1.165, 1.54) is 6.42 Å². The monoisotopic (exact) mass is 172 g/mol. The van der Waals surface area contributed by atoms with Crippen molar-refractivity contribution in [2.24, 2.45) is 11.8 Å². The van der Waals surface area contributed by atoms with Crippen LogP contribution in [0.5, 0.6) is 0 Å². The Bertz CT molecular complexity index is 134. The van der Waals surface area contributed by atoms with E-state index in [-0.39, 0.29) is 6.10 Å². The van der Waals surface area contributed by atoms with Crippen LogP contribution < -0.4 is 0 Å². The Hall–Kier alpha value is -0.0800. The fraction of sp³-hybridized carbons (Fsp3) is 1.00. The summed E-state index contributed by atoms with van der Waals surface area (Å²) in [6.07, 6.45) is 2.77. The van der Waals surface area contributed by atoms with Crippen molar-refractivity contribution in [1.29, 1.82) is 0 Å². The Morgan fingerprint density at radius 2 is 2.00 bits per heavy atom. The van der Waals surface area contributed by atoms with Crippen molar-refractivity contribution >= 4 is 0 Å². The first kappa shape index (κ1) is 10.0. The number of ether oxygens (including phenoxy) is 1. The number of hydrogen-bond donors (Lipinski definition) is 1. The van der Waals surface area contributed by atoms with Gasteiger partial charge in [0.2, 0.25) is 0 Å². The molecule has 0 bridgehead atoms. The van der Waals surface area contributed by atoms with Gasteiger partial charge in [-0.2, -0.15) is 0 Å². The van der Waals surface area contributed by atoms with Gasteiger partial charge < -0.3 is 9.84 Å². The Morgan fingerprint density at radius 3 is 2.58 bits per heavy atom. The zero-order chi connectivity index (χ0) is 9.14. The molecule has 1 saturated heterocycles. The van der Waals surface area contributed by atoms with Crippen LogP contribution in [0, 0.1) is 11.8 Å². The average molecular weight is 172 g/mol. The maximum Gasteiger partial charge on any atom is 0.155 e. The minimum absolute atomic E-state index is 0.226. The lowest BCUT2D eigenvalue weighted by atomic mass is 9.88. The van der Waals surface area contributed by atoms with Crippen LogP contribution in [-0.2, 0) is 4.74 Å². The fourth-order valence-corrected chi connectivity index (χ4v) is 1.82. The third kappa shape index (κ3) is 2.76. The molecule has 0 aromatic carbocycles. The van der Waals surface area contributed by atoms with Crippen LogP contribution in [-0.4, -0.2) is 17.5 Å². The number of aliphatic hydroxyl groups excluding tert-OH is 1. The molecule has 0 aromatic rings. The van der Waals surface area contributed by atoms with Gasteiger partial charge in [-0.25, -0.2) is 0 Å².